The second kappa shape index (κ2) is 8.31. The van der Waals surface area contributed by atoms with E-state index in [-0.39, 0.29) is 22.3 Å². The smallest absolute Gasteiger partial charge is 0.256 e. The van der Waals surface area contributed by atoms with E-state index in [2.05, 4.69) is 39.9 Å². The zero-order valence-electron chi connectivity index (χ0n) is 19.5. The van der Waals surface area contributed by atoms with Crippen LogP contribution in [0, 0.1) is 0 Å². The average Bonchev–Trinajstić information content (AvgIpc) is 3.12. The monoisotopic (exact) mass is 428 g/mol. The third-order valence-electron chi connectivity index (χ3n) is 7.06. The third-order valence-corrected chi connectivity index (χ3v) is 11.5. The molecule has 2 aromatic heterocycles. The minimum Gasteiger partial charge on any atom is -0.410 e. The van der Waals surface area contributed by atoms with Crippen LogP contribution in [0.15, 0.2) is 33.9 Å². The molecule has 5 nitrogen and oxygen atoms in total. The molecule has 2 aromatic rings. The van der Waals surface area contributed by atoms with Gasteiger partial charge in [-0.05, 0) is 67.9 Å². The first kappa shape index (κ1) is 22.8. The summed E-state index contributed by atoms with van der Waals surface area (Å²) in [6, 6.07) is 7.46. The highest BCUT2D eigenvalue weighted by Gasteiger charge is 2.40. The Bertz CT molecular complexity index is 1040. The Hall–Kier alpha value is -1.92. The average molecular weight is 429 g/mol. The van der Waals surface area contributed by atoms with E-state index in [1.165, 1.54) is 11.3 Å². The first-order chi connectivity index (χ1) is 13.9. The molecule has 0 fully saturated rings. The number of aromatic nitrogens is 2. The van der Waals surface area contributed by atoms with Crippen molar-refractivity contribution in [3.63, 3.8) is 0 Å². The molecule has 1 atom stereocenters. The molecule has 30 heavy (non-hydrogen) atoms. The highest BCUT2D eigenvalue weighted by Crippen LogP contribution is 2.40. The van der Waals surface area contributed by atoms with Crippen molar-refractivity contribution >= 4 is 8.32 Å². The van der Waals surface area contributed by atoms with Crippen LogP contribution in [-0.2, 0) is 37.8 Å². The molecule has 2 heterocycles. The maximum Gasteiger partial charge on any atom is 0.256 e. The highest BCUT2D eigenvalue weighted by atomic mass is 28.4. The molecule has 3 rings (SSSR count). The number of aryl methyl sites for hydroxylation is 2. The summed E-state index contributed by atoms with van der Waals surface area (Å²) in [5.74, 6) is 0. The number of pyridine rings is 2. The van der Waals surface area contributed by atoms with Gasteiger partial charge in [0, 0.05) is 37.1 Å². The van der Waals surface area contributed by atoms with Gasteiger partial charge in [-0.25, -0.2) is 0 Å². The molecule has 0 saturated carbocycles. The fraction of sp³-hybridized carbons (Fsp3) is 0.583. The van der Waals surface area contributed by atoms with Crippen molar-refractivity contribution in [2.24, 2.45) is 14.1 Å². The van der Waals surface area contributed by atoms with E-state index in [0.29, 0.717) is 12.8 Å². The number of hydrogen-bond donors (Lipinski definition) is 0. The minimum atomic E-state index is -2.10. The van der Waals surface area contributed by atoms with Crippen molar-refractivity contribution in [2.45, 2.75) is 77.1 Å². The van der Waals surface area contributed by atoms with Gasteiger partial charge in [-0.1, -0.05) is 26.8 Å². The molecular formula is C24H36N2O3Si. The number of rotatable bonds is 6. The topological polar surface area (TPSA) is 53.2 Å². The zero-order valence-corrected chi connectivity index (χ0v) is 20.5. The van der Waals surface area contributed by atoms with E-state index in [9.17, 15) is 9.59 Å². The third kappa shape index (κ3) is 4.40. The van der Waals surface area contributed by atoms with Crippen molar-refractivity contribution in [1.82, 2.24) is 9.13 Å². The van der Waals surface area contributed by atoms with Gasteiger partial charge >= 0.3 is 0 Å². The van der Waals surface area contributed by atoms with E-state index in [1.807, 2.05) is 17.7 Å². The quantitative estimate of drug-likeness (QED) is 0.646. The molecular weight excluding hydrogens is 392 g/mol. The summed E-state index contributed by atoms with van der Waals surface area (Å²) in [4.78, 5) is 25.3. The van der Waals surface area contributed by atoms with E-state index >= 15 is 0 Å². The van der Waals surface area contributed by atoms with Crippen LogP contribution in [0.25, 0.3) is 0 Å². The lowest BCUT2D eigenvalue weighted by molar-refractivity contribution is 0.171. The molecule has 0 aromatic carbocycles. The summed E-state index contributed by atoms with van der Waals surface area (Å²) in [7, 11) is 1.59. The fourth-order valence-corrected chi connectivity index (χ4v) is 5.34. The van der Waals surface area contributed by atoms with Crippen LogP contribution in [0.1, 0.15) is 62.2 Å². The Balaban J connectivity index is 2.00. The first-order valence-electron chi connectivity index (χ1n) is 11.0. The Kier molecular flexibility index (Phi) is 6.30. The van der Waals surface area contributed by atoms with Gasteiger partial charge in [-0.15, -0.1) is 0 Å². The second-order valence-electron chi connectivity index (χ2n) is 10.1. The van der Waals surface area contributed by atoms with Crippen LogP contribution >= 0.6 is 0 Å². The summed E-state index contributed by atoms with van der Waals surface area (Å²) in [6.45, 7) is 11.1. The number of hydrogen-bond acceptors (Lipinski definition) is 3. The Morgan fingerprint density at radius 3 is 2.47 bits per heavy atom. The van der Waals surface area contributed by atoms with Crippen molar-refractivity contribution in [1.29, 1.82) is 0 Å². The Morgan fingerprint density at radius 2 is 1.80 bits per heavy atom. The maximum atomic E-state index is 13.3. The predicted octanol–water partition coefficient (Wildman–Crippen LogP) is 4.27. The summed E-state index contributed by atoms with van der Waals surface area (Å²) in [6.07, 6.45) is 4.19. The largest absolute Gasteiger partial charge is 0.410 e. The van der Waals surface area contributed by atoms with Crippen molar-refractivity contribution in [3.8, 4) is 0 Å². The molecule has 1 aliphatic carbocycles. The molecule has 1 unspecified atom stereocenters. The lowest BCUT2D eigenvalue weighted by Crippen LogP contribution is -2.43. The van der Waals surface area contributed by atoms with Crippen molar-refractivity contribution in [3.05, 3.63) is 67.5 Å². The van der Waals surface area contributed by atoms with E-state index in [0.717, 1.165) is 30.5 Å². The molecule has 0 amide bonds. The van der Waals surface area contributed by atoms with Gasteiger partial charge < -0.3 is 13.6 Å². The summed E-state index contributed by atoms with van der Waals surface area (Å²) >= 11 is 0. The fourth-order valence-electron chi connectivity index (χ4n) is 4.03. The van der Waals surface area contributed by atoms with Gasteiger partial charge in [-0.2, -0.15) is 0 Å². The maximum absolute atomic E-state index is 13.3. The molecule has 0 aliphatic heterocycles. The van der Waals surface area contributed by atoms with Crippen molar-refractivity contribution in [2.75, 3.05) is 0 Å². The normalized spacial score (nSPS) is 15.3. The predicted molar refractivity (Wildman–Crippen MR) is 125 cm³/mol. The van der Waals surface area contributed by atoms with Crippen LogP contribution in [-0.4, -0.2) is 17.5 Å². The molecule has 0 N–H and O–H groups in total. The van der Waals surface area contributed by atoms with Crippen LogP contribution in [0.3, 0.4) is 0 Å². The van der Waals surface area contributed by atoms with Crippen LogP contribution < -0.4 is 11.1 Å². The number of fused-ring (bicyclic) bond motifs is 1. The van der Waals surface area contributed by atoms with Gasteiger partial charge in [0.15, 0.2) is 8.32 Å². The van der Waals surface area contributed by atoms with E-state index in [1.54, 1.807) is 23.7 Å². The van der Waals surface area contributed by atoms with Gasteiger partial charge in [-0.3, -0.25) is 9.59 Å². The van der Waals surface area contributed by atoms with Crippen molar-refractivity contribution < 1.29 is 4.43 Å². The molecule has 0 radical (unpaired) electrons. The van der Waals surface area contributed by atoms with Gasteiger partial charge in [0.2, 0.25) is 5.56 Å². The first-order valence-corrected chi connectivity index (χ1v) is 13.9. The van der Waals surface area contributed by atoms with Gasteiger partial charge in [0.25, 0.3) is 5.56 Å². The minimum absolute atomic E-state index is 0.0113. The van der Waals surface area contributed by atoms with Gasteiger partial charge in [0.05, 0.1) is 6.10 Å². The molecule has 0 bridgehead atoms. The SMILES string of the molecule is Cn1c(CCC(O[Si](C)(C)C(C)(C)C)c2cc3c(n(C)c2=O)CCC3)cccc1=O. The van der Waals surface area contributed by atoms with Gasteiger partial charge in [0.1, 0.15) is 0 Å². The molecule has 0 spiro atoms. The molecule has 0 saturated heterocycles. The summed E-state index contributed by atoms with van der Waals surface area (Å²) in [5.41, 5.74) is 4.22. The molecule has 164 valence electrons. The standard InChI is InChI=1S/C24H36N2O3Si/c1-24(2,3)30(6,7)29-21(15-14-18-11-9-13-22(27)25(18)4)19-16-17-10-8-12-20(17)26(5)23(19)28/h9,11,13,16,21H,8,10,12,14-15H2,1-7H3. The Morgan fingerprint density at radius 1 is 1.10 bits per heavy atom. The molecule has 6 heteroatoms. The van der Waals surface area contributed by atoms with Crippen LogP contribution in [0.2, 0.25) is 18.1 Å². The summed E-state index contributed by atoms with van der Waals surface area (Å²) < 4.78 is 10.3. The van der Waals surface area contributed by atoms with Crippen LogP contribution in [0.4, 0.5) is 0 Å². The highest BCUT2D eigenvalue weighted by molar-refractivity contribution is 6.74. The second-order valence-corrected chi connectivity index (χ2v) is 14.9. The van der Waals surface area contributed by atoms with Crippen LogP contribution in [0.5, 0.6) is 0 Å². The van der Waals surface area contributed by atoms with E-state index < -0.39 is 8.32 Å². The zero-order chi connectivity index (χ0) is 22.3. The summed E-state index contributed by atoms with van der Waals surface area (Å²) in [5, 5.41) is 0.0484. The number of nitrogens with zero attached hydrogens (tertiary/aromatic N) is 2. The molecule has 1 aliphatic rings. The lowest BCUT2D eigenvalue weighted by atomic mass is 10.0. The van der Waals surface area contributed by atoms with E-state index in [4.69, 9.17) is 4.43 Å². The lowest BCUT2D eigenvalue weighted by Gasteiger charge is -2.39. The Labute approximate surface area is 180 Å².